The van der Waals surface area contributed by atoms with Crippen molar-refractivity contribution in [3.8, 4) is 11.3 Å². The first-order valence-electron chi connectivity index (χ1n) is 8.81. The number of halogens is 1. The van der Waals surface area contributed by atoms with Crippen molar-refractivity contribution < 1.29 is 9.18 Å². The molecule has 7 heteroatoms. The predicted octanol–water partition coefficient (Wildman–Crippen LogP) is 5.74. The Bertz CT molecular complexity index is 1120. The number of amidine groups is 1. The Labute approximate surface area is 176 Å². The summed E-state index contributed by atoms with van der Waals surface area (Å²) < 4.78 is 13.5. The zero-order valence-corrected chi connectivity index (χ0v) is 16.9. The number of aliphatic imine (C=N–C) groups is 1. The Morgan fingerprint density at radius 1 is 1.17 bits per heavy atom. The van der Waals surface area contributed by atoms with Gasteiger partial charge in [-0.05, 0) is 35.5 Å². The zero-order chi connectivity index (χ0) is 20.2. The lowest BCUT2D eigenvalue weighted by atomic mass is 10.2. The van der Waals surface area contributed by atoms with Crippen LogP contribution in [0, 0.1) is 5.82 Å². The van der Waals surface area contributed by atoms with E-state index in [1.807, 2.05) is 35.7 Å². The molecule has 3 aromatic rings. The van der Waals surface area contributed by atoms with E-state index < -0.39 is 0 Å². The summed E-state index contributed by atoms with van der Waals surface area (Å²) >= 11 is 2.67. The summed E-state index contributed by atoms with van der Waals surface area (Å²) in [6.45, 7) is 4.06. The summed E-state index contributed by atoms with van der Waals surface area (Å²) in [7, 11) is 0. The van der Waals surface area contributed by atoms with Gasteiger partial charge >= 0.3 is 0 Å². The van der Waals surface area contributed by atoms with Gasteiger partial charge < -0.3 is 0 Å². The number of carbonyl (C=O) groups excluding carboxylic acids is 1. The molecule has 1 aliphatic heterocycles. The minimum atomic E-state index is -0.345. The third-order valence-corrected chi connectivity index (χ3v) is 5.84. The molecule has 0 radical (unpaired) electrons. The topological polar surface area (TPSA) is 45.6 Å². The van der Waals surface area contributed by atoms with Crippen molar-refractivity contribution in [1.29, 1.82) is 0 Å². The first kappa shape index (κ1) is 19.3. The highest BCUT2D eigenvalue weighted by molar-refractivity contribution is 8.18. The van der Waals surface area contributed by atoms with Gasteiger partial charge in [0, 0.05) is 17.5 Å². The van der Waals surface area contributed by atoms with Crippen molar-refractivity contribution in [2.24, 2.45) is 4.99 Å². The average Bonchev–Trinajstić information content (AvgIpc) is 3.30. The van der Waals surface area contributed by atoms with Crippen molar-refractivity contribution in [1.82, 2.24) is 9.88 Å². The highest BCUT2D eigenvalue weighted by atomic mass is 32.2. The second kappa shape index (κ2) is 8.55. The number of benzene rings is 2. The number of hydrogen-bond acceptors (Lipinski definition) is 5. The normalized spacial score (nSPS) is 16.7. The standard InChI is InChI=1S/C22H16FN3OS2/c1-2-11-26-20(27)19(13-15-7-6-10-17(23)12-15)29-22(26)25-21-24-18(14-28-21)16-8-4-3-5-9-16/h2-10,12-14H,1,11H2/b19-13-,25-22+. The molecular formula is C22H16FN3OS2. The van der Waals surface area contributed by atoms with Crippen LogP contribution in [-0.2, 0) is 4.79 Å². The lowest BCUT2D eigenvalue weighted by molar-refractivity contribution is -0.121. The van der Waals surface area contributed by atoms with E-state index in [2.05, 4.69) is 16.6 Å². The van der Waals surface area contributed by atoms with Crippen LogP contribution in [0.5, 0.6) is 0 Å². The molecule has 0 atom stereocenters. The summed E-state index contributed by atoms with van der Waals surface area (Å²) in [6.07, 6.45) is 3.32. The van der Waals surface area contributed by atoms with Crippen LogP contribution >= 0.6 is 23.1 Å². The number of aromatic nitrogens is 1. The van der Waals surface area contributed by atoms with Crippen LogP contribution in [0.3, 0.4) is 0 Å². The maximum atomic E-state index is 13.5. The van der Waals surface area contributed by atoms with Crippen LogP contribution in [0.4, 0.5) is 9.52 Å². The lowest BCUT2D eigenvalue weighted by Gasteiger charge is -2.11. The molecule has 4 rings (SSSR count). The monoisotopic (exact) mass is 421 g/mol. The molecule has 29 heavy (non-hydrogen) atoms. The number of hydrogen-bond donors (Lipinski definition) is 0. The Morgan fingerprint density at radius 2 is 2.00 bits per heavy atom. The number of thiazole rings is 1. The summed E-state index contributed by atoms with van der Waals surface area (Å²) in [6, 6.07) is 16.0. The molecule has 0 aliphatic carbocycles. The van der Waals surface area contributed by atoms with Crippen molar-refractivity contribution in [3.05, 3.63) is 88.9 Å². The minimum Gasteiger partial charge on any atom is -0.282 e. The summed E-state index contributed by atoms with van der Waals surface area (Å²) in [4.78, 5) is 24.0. The fraction of sp³-hybridized carbons (Fsp3) is 0.0455. The zero-order valence-electron chi connectivity index (χ0n) is 15.3. The van der Waals surface area contributed by atoms with Gasteiger partial charge in [-0.25, -0.2) is 9.37 Å². The van der Waals surface area contributed by atoms with Gasteiger partial charge in [-0.3, -0.25) is 9.69 Å². The molecule has 1 amide bonds. The predicted molar refractivity (Wildman–Crippen MR) is 119 cm³/mol. The fourth-order valence-electron chi connectivity index (χ4n) is 2.77. The Kier molecular flexibility index (Phi) is 5.69. The molecule has 1 fully saturated rings. The molecule has 1 saturated heterocycles. The molecule has 0 N–H and O–H groups in total. The molecule has 2 heterocycles. The maximum Gasteiger partial charge on any atom is 0.267 e. The molecule has 0 saturated carbocycles. The summed E-state index contributed by atoms with van der Waals surface area (Å²) in [5.74, 6) is -0.527. The van der Waals surface area contributed by atoms with E-state index in [1.54, 1.807) is 29.2 Å². The average molecular weight is 422 g/mol. The number of amides is 1. The van der Waals surface area contributed by atoms with Gasteiger partial charge in [-0.2, -0.15) is 4.99 Å². The van der Waals surface area contributed by atoms with Crippen LogP contribution < -0.4 is 0 Å². The number of thioether (sulfide) groups is 1. The fourth-order valence-corrected chi connectivity index (χ4v) is 4.51. The first-order valence-corrected chi connectivity index (χ1v) is 10.5. The van der Waals surface area contributed by atoms with E-state index in [0.717, 1.165) is 11.3 Å². The van der Waals surface area contributed by atoms with E-state index in [0.29, 0.717) is 27.3 Å². The third-order valence-electron chi connectivity index (χ3n) is 4.10. The Morgan fingerprint density at radius 3 is 2.76 bits per heavy atom. The van der Waals surface area contributed by atoms with Crippen LogP contribution in [0.25, 0.3) is 17.3 Å². The van der Waals surface area contributed by atoms with E-state index in [9.17, 15) is 9.18 Å². The molecule has 0 bridgehead atoms. The van der Waals surface area contributed by atoms with E-state index in [-0.39, 0.29) is 11.7 Å². The van der Waals surface area contributed by atoms with E-state index in [4.69, 9.17) is 0 Å². The van der Waals surface area contributed by atoms with E-state index >= 15 is 0 Å². The van der Waals surface area contributed by atoms with Gasteiger partial charge in [0.1, 0.15) is 5.82 Å². The second-order valence-electron chi connectivity index (χ2n) is 6.15. The molecule has 1 aliphatic rings. The lowest BCUT2D eigenvalue weighted by Crippen LogP contribution is -2.29. The SMILES string of the molecule is C=CCN1C(=O)/C(=C/c2cccc(F)c2)S/C1=N/c1nc(-c2ccccc2)cs1. The summed E-state index contributed by atoms with van der Waals surface area (Å²) in [5.41, 5.74) is 2.48. The quantitative estimate of drug-likeness (QED) is 0.390. The maximum absolute atomic E-state index is 13.5. The third kappa shape index (κ3) is 4.36. The highest BCUT2D eigenvalue weighted by Gasteiger charge is 2.32. The smallest absolute Gasteiger partial charge is 0.267 e. The molecule has 4 nitrogen and oxygen atoms in total. The summed E-state index contributed by atoms with van der Waals surface area (Å²) in [5, 5.41) is 3.05. The highest BCUT2D eigenvalue weighted by Crippen LogP contribution is 2.35. The second-order valence-corrected chi connectivity index (χ2v) is 7.99. The van der Waals surface area contributed by atoms with Gasteiger partial charge in [0.05, 0.1) is 10.6 Å². The van der Waals surface area contributed by atoms with Gasteiger partial charge in [-0.15, -0.1) is 17.9 Å². The molecule has 0 unspecified atom stereocenters. The Hall–Kier alpha value is -3.03. The van der Waals surface area contributed by atoms with Gasteiger partial charge in [0.25, 0.3) is 5.91 Å². The van der Waals surface area contributed by atoms with Crippen LogP contribution in [-0.4, -0.2) is 27.5 Å². The molecule has 1 aromatic heterocycles. The largest absolute Gasteiger partial charge is 0.282 e. The number of carbonyl (C=O) groups is 1. The van der Waals surface area contributed by atoms with Gasteiger partial charge in [0.2, 0.25) is 5.13 Å². The molecule has 2 aromatic carbocycles. The van der Waals surface area contributed by atoms with Crippen LogP contribution in [0.15, 0.2) is 82.5 Å². The molecule has 0 spiro atoms. The van der Waals surface area contributed by atoms with Crippen LogP contribution in [0.2, 0.25) is 0 Å². The number of rotatable bonds is 5. The van der Waals surface area contributed by atoms with E-state index in [1.165, 1.54) is 35.2 Å². The Balaban J connectivity index is 1.64. The minimum absolute atomic E-state index is 0.183. The van der Waals surface area contributed by atoms with Crippen LogP contribution in [0.1, 0.15) is 5.56 Å². The van der Waals surface area contributed by atoms with Crippen molar-refractivity contribution >= 4 is 45.4 Å². The molecule has 144 valence electrons. The van der Waals surface area contributed by atoms with Gasteiger partial charge in [0.15, 0.2) is 5.17 Å². The van der Waals surface area contributed by atoms with Gasteiger partial charge in [-0.1, -0.05) is 48.5 Å². The van der Waals surface area contributed by atoms with Crippen molar-refractivity contribution in [3.63, 3.8) is 0 Å². The first-order chi connectivity index (χ1) is 14.1. The molecular weight excluding hydrogens is 405 g/mol. The number of nitrogens with zero attached hydrogens (tertiary/aromatic N) is 3. The van der Waals surface area contributed by atoms with Crippen molar-refractivity contribution in [2.75, 3.05) is 6.54 Å². The van der Waals surface area contributed by atoms with Crippen molar-refractivity contribution in [2.45, 2.75) is 0 Å².